The van der Waals surface area contributed by atoms with Gasteiger partial charge in [0.2, 0.25) is 66.1 Å². The molecule has 5 heterocycles. The first-order chi connectivity index (χ1) is 31.9. The fourth-order valence-electron chi connectivity index (χ4n) is 3.74. The molecular formula is C29H22Br15N11O10S6. The van der Waals surface area contributed by atoms with Gasteiger partial charge in [0.05, 0.1) is 0 Å². The Bertz CT molecular complexity index is 3280. The molecule has 0 aliphatic rings. The third kappa shape index (κ3) is 19.5. The molecule has 21 nitrogen and oxygen atoms in total. The Labute approximate surface area is 536 Å². The Hall–Kier alpha value is 2.24. The zero-order chi connectivity index (χ0) is 55.0. The summed E-state index contributed by atoms with van der Waals surface area (Å²) in [6.07, 6.45) is 3.89. The number of alkyl halides is 15. The number of rotatable bonds is 6. The average molecular weight is 2080 g/mol. The number of halogens is 15. The molecule has 0 atom stereocenters. The number of nitrogens with zero attached hydrogens (tertiary/aromatic N) is 10. The maximum Gasteiger partial charge on any atom is 0.257 e. The second-order valence-corrected chi connectivity index (χ2v) is 65.2. The minimum absolute atomic E-state index is 0.000579. The molecule has 0 radical (unpaired) electrons. The fraction of sp³-hybridized carbons (Fsp3) is 0.276. The van der Waals surface area contributed by atoms with E-state index in [-0.39, 0.29) is 24.8 Å². The van der Waals surface area contributed by atoms with Gasteiger partial charge in [-0.1, -0.05) is 35.6 Å². The number of para-hydroxylation sites is 1. The van der Waals surface area contributed by atoms with Crippen LogP contribution in [0.2, 0.25) is 0 Å². The van der Waals surface area contributed by atoms with E-state index in [0.29, 0.717) is 22.1 Å². The molecule has 0 unspecified atom stereocenters. The number of pyridine rings is 1. The van der Waals surface area contributed by atoms with Crippen LogP contribution in [0.5, 0.6) is 0 Å². The van der Waals surface area contributed by atoms with Gasteiger partial charge in [0.15, 0.2) is 5.03 Å². The Balaban J connectivity index is 0.000000307. The van der Waals surface area contributed by atoms with E-state index in [1.165, 1.54) is 23.2 Å². The summed E-state index contributed by atoms with van der Waals surface area (Å²) < 4.78 is 112. The highest BCUT2D eigenvalue weighted by atomic mass is 80.0. The Kier molecular flexibility index (Phi) is 27.0. The van der Waals surface area contributed by atoms with Crippen molar-refractivity contribution in [2.45, 2.75) is 53.0 Å². The maximum atomic E-state index is 12.2. The molecule has 0 bridgehead atoms. The molecule has 6 rings (SSSR count). The van der Waals surface area contributed by atoms with Crippen molar-refractivity contribution in [3.63, 3.8) is 0 Å². The largest absolute Gasteiger partial charge is 0.272 e. The predicted octanol–water partition coefficient (Wildman–Crippen LogP) is 11.9. The van der Waals surface area contributed by atoms with E-state index >= 15 is 0 Å². The van der Waals surface area contributed by atoms with Gasteiger partial charge < -0.3 is 0 Å². The van der Waals surface area contributed by atoms with Crippen molar-refractivity contribution in [2.75, 3.05) is 0 Å². The van der Waals surface area contributed by atoms with Gasteiger partial charge in [-0.05, 0) is 290 Å². The number of benzene rings is 1. The number of nitrogens with one attached hydrogen (secondary N) is 1. The predicted molar refractivity (Wildman–Crippen MR) is 322 cm³/mol. The fourth-order valence-corrected chi connectivity index (χ4v) is 16.3. The zero-order valence-corrected chi connectivity index (χ0v) is 62.8. The van der Waals surface area contributed by atoms with Crippen LogP contribution in [0, 0.1) is 20.8 Å². The monoisotopic (exact) mass is 2060 g/mol. The van der Waals surface area contributed by atoms with Crippen molar-refractivity contribution in [1.82, 2.24) is 55.1 Å². The summed E-state index contributed by atoms with van der Waals surface area (Å²) in [5.41, 5.74) is 1.88. The van der Waals surface area contributed by atoms with Crippen LogP contribution in [0.25, 0.3) is 5.69 Å². The van der Waals surface area contributed by atoms with Gasteiger partial charge in [0.25, 0.3) is 10.3 Å². The standard InChI is InChI=1S/C9H6Br3N3O2S.C7H7Br3N2O2S.C6H4Br3NO2S.C4H3Br3N2O2S2.C3H2Br3N3O2S/c10-9(11,12)18(16,17)8-14-13-6-15(8)7-4-2-1-3-5-7;1-4-3-5(2)12-6(11-4)15(13,14)7(8,9)10;7-6(8,9)13(11,12)5-3-1-2-4-10-5;1-2-8-9-3(12-2)13(10,11)4(5,6)7;4-3(5,6)12(10,11)2-7-1-8-9-2/h1-6H;3H,1-2H3;1-4H;1H3;1H,(H,7,8,9). The lowest BCUT2D eigenvalue weighted by atomic mass is 10.3. The summed E-state index contributed by atoms with van der Waals surface area (Å²) in [6, 6.07) is 15.4. The molecule has 0 saturated heterocycles. The van der Waals surface area contributed by atoms with E-state index in [2.05, 4.69) is 289 Å². The van der Waals surface area contributed by atoms with E-state index in [9.17, 15) is 42.1 Å². The maximum absolute atomic E-state index is 12.2. The van der Waals surface area contributed by atoms with Gasteiger partial charge in [-0.25, -0.2) is 67.1 Å². The second-order valence-electron chi connectivity index (χ2n) is 12.0. The van der Waals surface area contributed by atoms with E-state index in [0.717, 1.165) is 17.7 Å². The highest BCUT2D eigenvalue weighted by Gasteiger charge is 2.43. The number of aromatic amines is 1. The van der Waals surface area contributed by atoms with Gasteiger partial charge in [-0.15, -0.1) is 20.4 Å². The van der Waals surface area contributed by atoms with Crippen LogP contribution in [0.3, 0.4) is 0 Å². The van der Waals surface area contributed by atoms with E-state index in [1.807, 2.05) is 6.07 Å². The number of hydrogen-bond acceptors (Lipinski definition) is 20. The number of aromatic nitrogens is 11. The van der Waals surface area contributed by atoms with Crippen molar-refractivity contribution in [3.05, 3.63) is 89.8 Å². The minimum Gasteiger partial charge on any atom is -0.272 e. The lowest BCUT2D eigenvalue weighted by Gasteiger charge is -2.13. The first-order valence-electron chi connectivity index (χ1n) is 16.9. The molecule has 0 aliphatic carbocycles. The summed E-state index contributed by atoms with van der Waals surface area (Å²) in [5, 5.41) is 20.2. The van der Waals surface area contributed by atoms with Crippen LogP contribution in [0.15, 0.2) is 98.3 Å². The number of H-pyrrole nitrogens is 1. The van der Waals surface area contributed by atoms with Crippen molar-refractivity contribution in [2.24, 2.45) is 0 Å². The van der Waals surface area contributed by atoms with Crippen molar-refractivity contribution in [1.29, 1.82) is 0 Å². The van der Waals surface area contributed by atoms with Crippen LogP contribution in [-0.4, -0.2) is 105 Å². The molecule has 71 heavy (non-hydrogen) atoms. The van der Waals surface area contributed by atoms with Crippen molar-refractivity contribution < 1.29 is 42.1 Å². The van der Waals surface area contributed by atoms with Gasteiger partial charge in [-0.3, -0.25) is 4.57 Å². The SMILES string of the molecule is Cc1cc(C)nc(S(=O)(=O)C(Br)(Br)Br)n1.Cc1nnc(S(=O)(=O)C(Br)(Br)Br)s1.O=S(=O)(c1ccccn1)C(Br)(Br)Br.O=S(=O)(c1ncn[nH]1)C(Br)(Br)Br.O=S(=O)(c1nncn1-c1ccccc1)C(Br)(Br)Br. The number of aryl methyl sites for hydroxylation is 3. The second kappa shape index (κ2) is 27.6. The van der Waals surface area contributed by atoms with Crippen LogP contribution in [0.1, 0.15) is 16.4 Å². The van der Waals surface area contributed by atoms with Crippen molar-refractivity contribution >= 4 is 299 Å². The summed E-state index contributed by atoms with van der Waals surface area (Å²) in [4.78, 5) is 15.0. The summed E-state index contributed by atoms with van der Waals surface area (Å²) in [5.74, 6) is 0. The molecule has 6 aromatic rings. The molecule has 1 N–H and O–H groups in total. The van der Waals surface area contributed by atoms with Crippen LogP contribution < -0.4 is 0 Å². The first-order valence-corrected chi connectivity index (χ1v) is 37.0. The molecule has 394 valence electrons. The normalized spacial score (nSPS) is 12.9. The lowest BCUT2D eigenvalue weighted by molar-refractivity contribution is 0.585. The van der Waals surface area contributed by atoms with Gasteiger partial charge >= 0.3 is 0 Å². The highest BCUT2D eigenvalue weighted by molar-refractivity contribution is 9.44. The molecule has 0 saturated carbocycles. The van der Waals surface area contributed by atoms with Crippen LogP contribution in [-0.2, 0) is 49.2 Å². The van der Waals surface area contributed by atoms with Crippen LogP contribution >= 0.6 is 250 Å². The summed E-state index contributed by atoms with van der Waals surface area (Å²) in [7, 11) is -18.2. The molecule has 1 aromatic carbocycles. The van der Waals surface area contributed by atoms with Gasteiger partial charge in [0.1, 0.15) is 17.7 Å². The summed E-state index contributed by atoms with van der Waals surface area (Å²) in [6.45, 7) is 5.12. The minimum atomic E-state index is -3.77. The number of hydrogen-bond donors (Lipinski definition) is 1. The van der Waals surface area contributed by atoms with E-state index < -0.39 is 56.6 Å². The molecule has 0 aliphatic heterocycles. The van der Waals surface area contributed by atoms with Gasteiger partial charge in [0, 0.05) is 23.3 Å². The third-order valence-corrected chi connectivity index (χ3v) is 34.0. The quantitative estimate of drug-likeness (QED) is 0.120. The lowest BCUT2D eigenvalue weighted by Crippen LogP contribution is -2.21. The van der Waals surface area contributed by atoms with Crippen molar-refractivity contribution in [3.8, 4) is 5.69 Å². The number of sulfone groups is 5. The van der Waals surface area contributed by atoms with Crippen LogP contribution in [0.4, 0.5) is 0 Å². The average Bonchev–Trinajstić information content (AvgIpc) is 4.04. The summed E-state index contributed by atoms with van der Waals surface area (Å²) >= 11 is 45.1. The Morgan fingerprint density at radius 2 is 1.01 bits per heavy atom. The first kappa shape index (κ1) is 69.3. The smallest absolute Gasteiger partial charge is 0.257 e. The molecule has 5 aromatic heterocycles. The van der Waals surface area contributed by atoms with E-state index in [4.69, 9.17) is 0 Å². The highest BCUT2D eigenvalue weighted by Crippen LogP contribution is 2.46. The molecule has 0 fully saturated rings. The molecule has 0 amide bonds. The van der Waals surface area contributed by atoms with Gasteiger partial charge in [-0.2, -0.15) is 5.10 Å². The third-order valence-electron chi connectivity index (χ3n) is 6.81. The zero-order valence-electron chi connectivity index (χ0n) is 34.1. The topological polar surface area (TPSA) is 307 Å². The Morgan fingerprint density at radius 3 is 1.41 bits per heavy atom. The molecular weight excluding hydrogens is 2050 g/mol. The molecule has 42 heteroatoms. The Morgan fingerprint density at radius 1 is 0.535 bits per heavy atom. The van der Waals surface area contributed by atoms with E-state index in [1.54, 1.807) is 63.2 Å². The molecule has 0 spiro atoms.